The minimum Gasteiger partial charge on any atom is -0.475 e. The Kier molecular flexibility index (Phi) is 5.15. The van der Waals surface area contributed by atoms with Gasteiger partial charge in [0.1, 0.15) is 0 Å². The van der Waals surface area contributed by atoms with Crippen LogP contribution in [0.3, 0.4) is 0 Å². The Balaban J connectivity index is 2.27. The Morgan fingerprint density at radius 3 is 2.92 bits per heavy atom. The zero-order valence-electron chi connectivity index (χ0n) is 7.95. The SMILES string of the molecule is CCCCCOc1nsnc1SC. The predicted molar refractivity (Wildman–Crippen MR) is 56.7 cm³/mol. The summed E-state index contributed by atoms with van der Waals surface area (Å²) in [5.74, 6) is 0.702. The second kappa shape index (κ2) is 6.21. The third-order valence-electron chi connectivity index (χ3n) is 1.61. The van der Waals surface area contributed by atoms with Crippen molar-refractivity contribution < 1.29 is 4.74 Å². The quantitative estimate of drug-likeness (QED) is 0.543. The van der Waals surface area contributed by atoms with Gasteiger partial charge in [0, 0.05) is 0 Å². The van der Waals surface area contributed by atoms with Gasteiger partial charge in [-0.05, 0) is 12.7 Å². The standard InChI is InChI=1S/C8H14N2OS2/c1-3-4-5-6-11-7-8(12-2)10-13-9-7/h3-6H2,1-2H3. The lowest BCUT2D eigenvalue weighted by molar-refractivity contribution is 0.290. The third-order valence-corrected chi connectivity index (χ3v) is 2.89. The lowest BCUT2D eigenvalue weighted by Crippen LogP contribution is -1.97. The smallest absolute Gasteiger partial charge is 0.260 e. The number of hydrogen-bond acceptors (Lipinski definition) is 5. The molecule has 0 bridgehead atoms. The molecule has 0 spiro atoms. The van der Waals surface area contributed by atoms with E-state index in [1.807, 2.05) is 6.26 Å². The topological polar surface area (TPSA) is 35.0 Å². The molecule has 1 rings (SSSR count). The van der Waals surface area contributed by atoms with Crippen LogP contribution in [0.4, 0.5) is 0 Å². The van der Waals surface area contributed by atoms with Crippen LogP contribution in [0.15, 0.2) is 5.03 Å². The van der Waals surface area contributed by atoms with Gasteiger partial charge in [-0.1, -0.05) is 19.8 Å². The molecule has 0 aromatic carbocycles. The molecule has 74 valence electrons. The fraction of sp³-hybridized carbons (Fsp3) is 0.750. The largest absolute Gasteiger partial charge is 0.475 e. The molecule has 0 unspecified atom stereocenters. The summed E-state index contributed by atoms with van der Waals surface area (Å²) >= 11 is 2.79. The van der Waals surface area contributed by atoms with E-state index in [1.54, 1.807) is 11.8 Å². The molecule has 1 heterocycles. The lowest BCUT2D eigenvalue weighted by Gasteiger charge is -2.01. The fourth-order valence-corrected chi connectivity index (χ4v) is 2.05. The van der Waals surface area contributed by atoms with Crippen LogP contribution < -0.4 is 4.74 Å². The van der Waals surface area contributed by atoms with E-state index in [0.717, 1.165) is 18.1 Å². The summed E-state index contributed by atoms with van der Waals surface area (Å²) in [5.41, 5.74) is 0. The molecule has 0 aliphatic carbocycles. The summed E-state index contributed by atoms with van der Waals surface area (Å²) in [6, 6.07) is 0. The van der Waals surface area contributed by atoms with Gasteiger partial charge in [-0.25, -0.2) is 0 Å². The maximum atomic E-state index is 5.49. The molecule has 13 heavy (non-hydrogen) atoms. The zero-order chi connectivity index (χ0) is 9.52. The summed E-state index contributed by atoms with van der Waals surface area (Å²) in [7, 11) is 0. The zero-order valence-corrected chi connectivity index (χ0v) is 9.58. The van der Waals surface area contributed by atoms with Crippen LogP contribution in [-0.2, 0) is 0 Å². The van der Waals surface area contributed by atoms with Gasteiger partial charge in [0.25, 0.3) is 5.88 Å². The second-order valence-electron chi connectivity index (χ2n) is 2.63. The molecule has 0 aliphatic rings. The van der Waals surface area contributed by atoms with Crippen LogP contribution >= 0.6 is 23.5 Å². The number of nitrogens with zero attached hydrogens (tertiary/aromatic N) is 2. The van der Waals surface area contributed by atoms with Crippen molar-refractivity contribution in [2.75, 3.05) is 12.9 Å². The molecule has 0 radical (unpaired) electrons. The Morgan fingerprint density at radius 2 is 2.23 bits per heavy atom. The number of aromatic nitrogens is 2. The van der Waals surface area contributed by atoms with Crippen molar-refractivity contribution >= 4 is 23.5 Å². The third kappa shape index (κ3) is 3.52. The van der Waals surface area contributed by atoms with Crippen LogP contribution in [0, 0.1) is 0 Å². The van der Waals surface area contributed by atoms with Gasteiger partial charge < -0.3 is 4.74 Å². The first-order chi connectivity index (χ1) is 6.38. The molecule has 0 amide bonds. The van der Waals surface area contributed by atoms with Gasteiger partial charge in [-0.15, -0.1) is 16.1 Å². The highest BCUT2D eigenvalue weighted by atomic mass is 32.2. The van der Waals surface area contributed by atoms with Crippen LogP contribution in [-0.4, -0.2) is 21.6 Å². The van der Waals surface area contributed by atoms with Crippen LogP contribution in [0.25, 0.3) is 0 Å². The molecule has 0 atom stereocenters. The molecular weight excluding hydrogens is 204 g/mol. The summed E-state index contributed by atoms with van der Waals surface area (Å²) in [4.78, 5) is 0. The van der Waals surface area contributed by atoms with E-state index in [-0.39, 0.29) is 0 Å². The molecule has 1 aromatic rings. The van der Waals surface area contributed by atoms with Crippen molar-refractivity contribution in [1.29, 1.82) is 0 Å². The van der Waals surface area contributed by atoms with Gasteiger partial charge >= 0.3 is 0 Å². The first-order valence-electron chi connectivity index (χ1n) is 4.37. The van der Waals surface area contributed by atoms with E-state index in [2.05, 4.69) is 15.7 Å². The highest BCUT2D eigenvalue weighted by Crippen LogP contribution is 2.24. The van der Waals surface area contributed by atoms with E-state index in [0.29, 0.717) is 5.88 Å². The molecule has 1 aromatic heterocycles. The molecule has 5 heteroatoms. The maximum absolute atomic E-state index is 5.49. The van der Waals surface area contributed by atoms with E-state index >= 15 is 0 Å². The molecule has 0 fully saturated rings. The van der Waals surface area contributed by atoms with Gasteiger partial charge in [-0.2, -0.15) is 4.37 Å². The Hall–Kier alpha value is -0.290. The second-order valence-corrected chi connectivity index (χ2v) is 3.96. The summed E-state index contributed by atoms with van der Waals surface area (Å²) in [6.45, 7) is 2.94. The maximum Gasteiger partial charge on any atom is 0.260 e. The van der Waals surface area contributed by atoms with Crippen LogP contribution in [0.5, 0.6) is 5.88 Å². The van der Waals surface area contributed by atoms with Crippen molar-refractivity contribution in [1.82, 2.24) is 8.75 Å². The minimum atomic E-state index is 0.702. The van der Waals surface area contributed by atoms with E-state index in [9.17, 15) is 0 Å². The van der Waals surface area contributed by atoms with Crippen LogP contribution in [0.1, 0.15) is 26.2 Å². The van der Waals surface area contributed by atoms with Gasteiger partial charge in [0.2, 0.25) is 0 Å². The first kappa shape index (κ1) is 10.8. The number of unbranched alkanes of at least 4 members (excludes halogenated alkanes) is 2. The minimum absolute atomic E-state index is 0.702. The van der Waals surface area contributed by atoms with Crippen molar-refractivity contribution in [3.8, 4) is 5.88 Å². The Labute approximate surface area is 87.2 Å². The number of hydrogen-bond donors (Lipinski definition) is 0. The summed E-state index contributed by atoms with van der Waals surface area (Å²) in [6.07, 6.45) is 5.51. The van der Waals surface area contributed by atoms with Gasteiger partial charge in [0.15, 0.2) is 5.03 Å². The Bertz CT molecular complexity index is 240. The summed E-state index contributed by atoms with van der Waals surface area (Å²) in [5, 5.41) is 0.904. The van der Waals surface area contributed by atoms with E-state index < -0.39 is 0 Å². The van der Waals surface area contributed by atoms with Gasteiger partial charge in [0.05, 0.1) is 18.3 Å². The van der Waals surface area contributed by atoms with Crippen molar-refractivity contribution in [3.05, 3.63) is 0 Å². The van der Waals surface area contributed by atoms with Gasteiger partial charge in [-0.3, -0.25) is 0 Å². The average Bonchev–Trinajstić information content (AvgIpc) is 2.60. The highest BCUT2D eigenvalue weighted by molar-refractivity contribution is 7.98. The van der Waals surface area contributed by atoms with E-state index in [4.69, 9.17) is 4.74 Å². The molecule has 0 aliphatic heterocycles. The first-order valence-corrected chi connectivity index (χ1v) is 6.33. The number of ether oxygens (including phenoxy) is 1. The molecule has 3 nitrogen and oxygen atoms in total. The van der Waals surface area contributed by atoms with Crippen molar-refractivity contribution in [2.45, 2.75) is 31.2 Å². The fourth-order valence-electron chi connectivity index (χ4n) is 0.906. The predicted octanol–water partition coefficient (Wildman–Crippen LogP) is 2.83. The average molecular weight is 218 g/mol. The number of thioether (sulfide) groups is 1. The lowest BCUT2D eigenvalue weighted by atomic mass is 10.3. The van der Waals surface area contributed by atoms with E-state index in [1.165, 1.54) is 24.6 Å². The number of rotatable bonds is 6. The molecular formula is C8H14N2OS2. The van der Waals surface area contributed by atoms with Crippen molar-refractivity contribution in [2.24, 2.45) is 0 Å². The molecule has 0 N–H and O–H groups in total. The molecule has 0 saturated heterocycles. The molecule has 0 saturated carbocycles. The normalized spacial score (nSPS) is 10.3. The summed E-state index contributed by atoms with van der Waals surface area (Å²) < 4.78 is 13.7. The Morgan fingerprint density at radius 1 is 1.38 bits per heavy atom. The van der Waals surface area contributed by atoms with Crippen molar-refractivity contribution in [3.63, 3.8) is 0 Å². The highest BCUT2D eigenvalue weighted by Gasteiger charge is 2.06. The monoisotopic (exact) mass is 218 g/mol. The van der Waals surface area contributed by atoms with Crippen LogP contribution in [0.2, 0.25) is 0 Å².